The third kappa shape index (κ3) is 1.99. The van der Waals surface area contributed by atoms with Crippen LogP contribution in [0.3, 0.4) is 0 Å². The summed E-state index contributed by atoms with van der Waals surface area (Å²) in [5.41, 5.74) is 5.20. The first-order valence-electron chi connectivity index (χ1n) is 6.37. The topological polar surface area (TPSA) is 12.0 Å². The number of anilines is 1. The summed E-state index contributed by atoms with van der Waals surface area (Å²) in [7, 11) is 0. The third-order valence-corrected chi connectivity index (χ3v) is 3.48. The molecule has 0 saturated carbocycles. The van der Waals surface area contributed by atoms with Crippen molar-refractivity contribution in [1.29, 1.82) is 0 Å². The Labute approximate surface area is 107 Å². The van der Waals surface area contributed by atoms with Crippen molar-refractivity contribution in [2.45, 2.75) is 19.8 Å². The number of nitrogens with one attached hydrogen (secondary N) is 1. The highest BCUT2D eigenvalue weighted by Crippen LogP contribution is 2.30. The third-order valence-electron chi connectivity index (χ3n) is 3.48. The minimum absolute atomic E-state index is 0.156. The molecule has 18 heavy (non-hydrogen) atoms. The molecule has 92 valence electrons. The Hall–Kier alpha value is -1.83. The predicted octanol–water partition coefficient (Wildman–Crippen LogP) is 4.16. The predicted molar refractivity (Wildman–Crippen MR) is 73.4 cm³/mol. The van der Waals surface area contributed by atoms with E-state index in [2.05, 4.69) is 17.4 Å². The van der Waals surface area contributed by atoms with Crippen LogP contribution in [-0.2, 0) is 6.42 Å². The second-order valence-electron chi connectivity index (χ2n) is 4.89. The van der Waals surface area contributed by atoms with Gasteiger partial charge in [-0.2, -0.15) is 0 Å². The van der Waals surface area contributed by atoms with Gasteiger partial charge in [-0.15, -0.1) is 0 Å². The molecule has 1 heterocycles. The van der Waals surface area contributed by atoms with Crippen LogP contribution in [0.15, 0.2) is 36.4 Å². The SMILES string of the molecule is Cc1ccc(F)c(-c2ccc3c(c2)NCCC3)c1. The standard InChI is InChI=1S/C16H16FN/c1-11-4-7-15(17)14(9-11)13-6-5-12-3-2-8-18-16(12)10-13/h4-7,9-10,18H,2-3,8H2,1H3. The summed E-state index contributed by atoms with van der Waals surface area (Å²) in [5.74, 6) is -0.156. The van der Waals surface area contributed by atoms with Crippen LogP contribution in [0, 0.1) is 12.7 Å². The van der Waals surface area contributed by atoms with Gasteiger partial charge in [0.15, 0.2) is 0 Å². The Morgan fingerprint density at radius 2 is 2.00 bits per heavy atom. The minimum Gasteiger partial charge on any atom is -0.385 e. The lowest BCUT2D eigenvalue weighted by Gasteiger charge is -2.19. The van der Waals surface area contributed by atoms with Crippen molar-refractivity contribution in [2.75, 3.05) is 11.9 Å². The molecule has 1 aliphatic rings. The van der Waals surface area contributed by atoms with E-state index in [1.807, 2.05) is 19.1 Å². The normalized spacial score (nSPS) is 13.9. The van der Waals surface area contributed by atoms with Crippen LogP contribution in [0.1, 0.15) is 17.5 Å². The fourth-order valence-electron chi connectivity index (χ4n) is 2.49. The summed E-state index contributed by atoms with van der Waals surface area (Å²) in [5, 5.41) is 3.38. The zero-order valence-electron chi connectivity index (χ0n) is 10.5. The molecule has 0 fully saturated rings. The molecule has 0 atom stereocenters. The maximum atomic E-state index is 13.9. The van der Waals surface area contributed by atoms with Crippen molar-refractivity contribution in [2.24, 2.45) is 0 Å². The van der Waals surface area contributed by atoms with E-state index < -0.39 is 0 Å². The van der Waals surface area contributed by atoms with Gasteiger partial charge >= 0.3 is 0 Å². The lowest BCUT2D eigenvalue weighted by atomic mass is 9.97. The molecule has 0 aliphatic carbocycles. The number of aryl methyl sites for hydroxylation is 2. The Kier molecular flexibility index (Phi) is 2.78. The quantitative estimate of drug-likeness (QED) is 0.790. The van der Waals surface area contributed by atoms with E-state index in [4.69, 9.17) is 0 Å². The van der Waals surface area contributed by atoms with Crippen LogP contribution in [0.25, 0.3) is 11.1 Å². The molecule has 1 N–H and O–H groups in total. The fraction of sp³-hybridized carbons (Fsp3) is 0.250. The average molecular weight is 241 g/mol. The van der Waals surface area contributed by atoms with Crippen LogP contribution in [0.5, 0.6) is 0 Å². The van der Waals surface area contributed by atoms with Crippen LogP contribution in [0.4, 0.5) is 10.1 Å². The molecular weight excluding hydrogens is 225 g/mol. The molecule has 2 heteroatoms. The van der Waals surface area contributed by atoms with Crippen LogP contribution >= 0.6 is 0 Å². The van der Waals surface area contributed by atoms with Gasteiger partial charge in [0.2, 0.25) is 0 Å². The second kappa shape index (κ2) is 4.45. The molecule has 3 rings (SSSR count). The highest BCUT2D eigenvalue weighted by atomic mass is 19.1. The average Bonchev–Trinajstić information content (AvgIpc) is 2.41. The molecule has 0 aromatic heterocycles. The van der Waals surface area contributed by atoms with Crippen molar-refractivity contribution >= 4 is 5.69 Å². The number of hydrogen-bond acceptors (Lipinski definition) is 1. The summed E-state index contributed by atoms with van der Waals surface area (Å²) >= 11 is 0. The van der Waals surface area contributed by atoms with Crippen molar-refractivity contribution in [3.05, 3.63) is 53.3 Å². The van der Waals surface area contributed by atoms with Gasteiger partial charge in [0.1, 0.15) is 5.82 Å². The van der Waals surface area contributed by atoms with Gasteiger partial charge in [-0.05, 0) is 49.1 Å². The maximum Gasteiger partial charge on any atom is 0.131 e. The van der Waals surface area contributed by atoms with Gasteiger partial charge in [-0.25, -0.2) is 4.39 Å². The highest BCUT2D eigenvalue weighted by molar-refractivity contribution is 5.71. The molecule has 2 aromatic carbocycles. The van der Waals surface area contributed by atoms with Gasteiger partial charge in [-0.3, -0.25) is 0 Å². The summed E-state index contributed by atoms with van der Waals surface area (Å²) in [4.78, 5) is 0. The number of fused-ring (bicyclic) bond motifs is 1. The van der Waals surface area contributed by atoms with Gasteiger partial charge in [0, 0.05) is 17.8 Å². The zero-order valence-corrected chi connectivity index (χ0v) is 10.5. The van der Waals surface area contributed by atoms with E-state index >= 15 is 0 Å². The molecule has 0 radical (unpaired) electrons. The Morgan fingerprint density at radius 3 is 2.89 bits per heavy atom. The monoisotopic (exact) mass is 241 g/mol. The molecule has 1 aliphatic heterocycles. The number of halogens is 1. The van der Waals surface area contributed by atoms with Gasteiger partial charge in [-0.1, -0.05) is 23.8 Å². The van der Waals surface area contributed by atoms with Crippen molar-refractivity contribution in [1.82, 2.24) is 0 Å². The van der Waals surface area contributed by atoms with Crippen molar-refractivity contribution in [3.63, 3.8) is 0 Å². The van der Waals surface area contributed by atoms with Gasteiger partial charge in [0.05, 0.1) is 0 Å². The van der Waals surface area contributed by atoms with E-state index in [9.17, 15) is 4.39 Å². The van der Waals surface area contributed by atoms with Gasteiger partial charge < -0.3 is 5.32 Å². The largest absolute Gasteiger partial charge is 0.385 e. The highest BCUT2D eigenvalue weighted by Gasteiger charge is 2.11. The number of hydrogen-bond donors (Lipinski definition) is 1. The number of benzene rings is 2. The molecule has 0 bridgehead atoms. The maximum absolute atomic E-state index is 13.9. The van der Waals surface area contributed by atoms with E-state index in [1.54, 1.807) is 6.07 Å². The van der Waals surface area contributed by atoms with E-state index in [0.29, 0.717) is 5.56 Å². The number of rotatable bonds is 1. The van der Waals surface area contributed by atoms with Crippen LogP contribution < -0.4 is 5.32 Å². The Balaban J connectivity index is 2.09. The smallest absolute Gasteiger partial charge is 0.131 e. The van der Waals surface area contributed by atoms with Crippen molar-refractivity contribution in [3.8, 4) is 11.1 Å². The molecule has 0 unspecified atom stereocenters. The summed E-state index contributed by atoms with van der Waals surface area (Å²) in [6, 6.07) is 11.4. The molecule has 0 spiro atoms. The van der Waals surface area contributed by atoms with E-state index in [-0.39, 0.29) is 5.82 Å². The second-order valence-corrected chi connectivity index (χ2v) is 4.89. The summed E-state index contributed by atoms with van der Waals surface area (Å²) in [6.45, 7) is 2.99. The zero-order chi connectivity index (χ0) is 12.5. The summed E-state index contributed by atoms with van der Waals surface area (Å²) in [6.07, 6.45) is 2.28. The molecule has 1 nitrogen and oxygen atoms in total. The first kappa shape index (κ1) is 11.3. The lowest BCUT2D eigenvalue weighted by molar-refractivity contribution is 0.631. The van der Waals surface area contributed by atoms with Crippen LogP contribution in [-0.4, -0.2) is 6.54 Å². The molecule has 0 amide bonds. The molecule has 0 saturated heterocycles. The van der Waals surface area contributed by atoms with Crippen LogP contribution in [0.2, 0.25) is 0 Å². The Morgan fingerprint density at radius 1 is 1.11 bits per heavy atom. The lowest BCUT2D eigenvalue weighted by Crippen LogP contribution is -2.11. The Bertz CT molecular complexity index is 590. The summed E-state index contributed by atoms with van der Waals surface area (Å²) < 4.78 is 13.9. The van der Waals surface area contributed by atoms with E-state index in [1.165, 1.54) is 18.1 Å². The molecule has 2 aromatic rings. The van der Waals surface area contributed by atoms with Gasteiger partial charge in [0.25, 0.3) is 0 Å². The fourth-order valence-corrected chi connectivity index (χ4v) is 2.49. The first-order chi connectivity index (χ1) is 8.74. The van der Waals surface area contributed by atoms with E-state index in [0.717, 1.165) is 29.8 Å². The van der Waals surface area contributed by atoms with Crippen molar-refractivity contribution < 1.29 is 4.39 Å². The molecular formula is C16H16FN. The minimum atomic E-state index is -0.156. The first-order valence-corrected chi connectivity index (χ1v) is 6.37.